The first-order valence-electron chi connectivity index (χ1n) is 11.2. The number of fused-ring (bicyclic) bond motifs is 3. The van der Waals surface area contributed by atoms with Crippen LogP contribution in [0.2, 0.25) is 0 Å². The minimum atomic E-state index is -0.853. The van der Waals surface area contributed by atoms with Crippen LogP contribution in [0.3, 0.4) is 0 Å². The van der Waals surface area contributed by atoms with E-state index >= 15 is 0 Å². The number of anilines is 1. The molecule has 1 aromatic rings. The van der Waals surface area contributed by atoms with E-state index in [2.05, 4.69) is 25.6 Å². The number of aliphatic imine (C=N–C) groups is 2. The van der Waals surface area contributed by atoms with Gasteiger partial charge < -0.3 is 25.6 Å². The molecule has 0 radical (unpaired) electrons. The number of nitrogen functional groups attached to an aromatic ring is 1. The highest BCUT2D eigenvalue weighted by atomic mass is 16.5. The first kappa shape index (κ1) is 23.8. The van der Waals surface area contributed by atoms with Crippen LogP contribution in [0.4, 0.5) is 5.95 Å². The maximum Gasteiger partial charge on any atom is 0.261 e. The van der Waals surface area contributed by atoms with Crippen LogP contribution in [-0.2, 0) is 9.47 Å². The number of aliphatic hydroxyl groups excluding tert-OH is 1. The number of rotatable bonds is 9. The van der Waals surface area contributed by atoms with Gasteiger partial charge in [0.05, 0.1) is 25.3 Å². The Morgan fingerprint density at radius 3 is 2.85 bits per heavy atom. The molecule has 0 saturated carbocycles. The van der Waals surface area contributed by atoms with Gasteiger partial charge in [0.15, 0.2) is 0 Å². The van der Waals surface area contributed by atoms with E-state index in [4.69, 9.17) is 25.3 Å². The minimum Gasteiger partial charge on any atom is -0.495 e. The topological polar surface area (TPSA) is 160 Å². The van der Waals surface area contributed by atoms with E-state index in [0.29, 0.717) is 38.0 Å². The number of guanidine groups is 1. The van der Waals surface area contributed by atoms with E-state index in [1.54, 1.807) is 7.11 Å². The van der Waals surface area contributed by atoms with Crippen LogP contribution >= 0.6 is 0 Å². The summed E-state index contributed by atoms with van der Waals surface area (Å²) in [5, 5.41) is 14.9. The lowest BCUT2D eigenvalue weighted by atomic mass is 9.79. The highest BCUT2D eigenvalue weighted by molar-refractivity contribution is 6.17. The zero-order valence-electron chi connectivity index (χ0n) is 19.3. The monoisotopic (exact) mass is 470 g/mol. The molecule has 1 aliphatic carbocycles. The fraction of sp³-hybridized carbons (Fsp3) is 0.500. The van der Waals surface area contributed by atoms with Crippen molar-refractivity contribution in [2.75, 3.05) is 52.2 Å². The van der Waals surface area contributed by atoms with Crippen molar-refractivity contribution >= 4 is 23.7 Å². The van der Waals surface area contributed by atoms with Gasteiger partial charge in [0.25, 0.3) is 5.91 Å². The predicted molar refractivity (Wildman–Crippen MR) is 126 cm³/mol. The summed E-state index contributed by atoms with van der Waals surface area (Å²) in [6, 6.07) is 0. The molecule has 3 heterocycles. The fourth-order valence-electron chi connectivity index (χ4n) is 4.21. The quantitative estimate of drug-likeness (QED) is 0.348. The van der Waals surface area contributed by atoms with E-state index in [1.165, 1.54) is 12.4 Å². The number of carbonyl (C=O) groups excluding carboxylic acids is 1. The molecule has 0 saturated heterocycles. The van der Waals surface area contributed by atoms with Gasteiger partial charge in [0.1, 0.15) is 23.2 Å². The van der Waals surface area contributed by atoms with Gasteiger partial charge in [-0.3, -0.25) is 20.0 Å². The summed E-state index contributed by atoms with van der Waals surface area (Å²) in [6.07, 6.45) is 6.87. The molecule has 3 aliphatic rings. The SMILES string of the molecule is COC1C(OCCCNCCO)=CC=C2C3=NCCN3C(NC(=O)c3cnc(N)nc3)=NC21C. The Labute approximate surface area is 197 Å². The average molecular weight is 471 g/mol. The van der Waals surface area contributed by atoms with Crippen LogP contribution in [0.25, 0.3) is 0 Å². The van der Waals surface area contributed by atoms with Crippen molar-refractivity contribution in [1.29, 1.82) is 0 Å². The van der Waals surface area contributed by atoms with Gasteiger partial charge in [0.2, 0.25) is 11.9 Å². The van der Waals surface area contributed by atoms with Crippen molar-refractivity contribution in [1.82, 2.24) is 25.5 Å². The molecule has 0 fully saturated rings. The number of nitrogens with zero attached hydrogens (tertiary/aromatic N) is 5. The number of carbonyl (C=O) groups is 1. The van der Waals surface area contributed by atoms with Crippen LogP contribution in [0.5, 0.6) is 0 Å². The summed E-state index contributed by atoms with van der Waals surface area (Å²) in [5.41, 5.74) is 5.85. The fourth-order valence-corrected chi connectivity index (χ4v) is 4.21. The Balaban J connectivity index is 1.56. The molecule has 1 aromatic heterocycles. The number of nitrogens with one attached hydrogen (secondary N) is 2. The largest absolute Gasteiger partial charge is 0.495 e. The molecular formula is C22H30N8O4. The Kier molecular flexibility index (Phi) is 7.20. The molecule has 2 unspecified atom stereocenters. The van der Waals surface area contributed by atoms with Crippen LogP contribution in [0.1, 0.15) is 23.7 Å². The van der Waals surface area contributed by atoms with E-state index in [0.717, 1.165) is 24.4 Å². The van der Waals surface area contributed by atoms with Gasteiger partial charge >= 0.3 is 0 Å². The molecule has 34 heavy (non-hydrogen) atoms. The molecule has 12 nitrogen and oxygen atoms in total. The minimum absolute atomic E-state index is 0.0939. The number of aliphatic hydroxyl groups is 1. The third-order valence-corrected chi connectivity index (χ3v) is 5.85. The van der Waals surface area contributed by atoms with Gasteiger partial charge in [-0.05, 0) is 32.0 Å². The Morgan fingerprint density at radius 2 is 2.12 bits per heavy atom. The second-order valence-electron chi connectivity index (χ2n) is 8.16. The Morgan fingerprint density at radius 1 is 1.32 bits per heavy atom. The first-order valence-corrected chi connectivity index (χ1v) is 11.2. The van der Waals surface area contributed by atoms with Crippen LogP contribution in [0, 0.1) is 0 Å². The van der Waals surface area contributed by atoms with Crippen LogP contribution in [0.15, 0.2) is 45.9 Å². The molecule has 182 valence electrons. The van der Waals surface area contributed by atoms with E-state index in [1.807, 2.05) is 24.0 Å². The van der Waals surface area contributed by atoms with Crippen LogP contribution < -0.4 is 16.4 Å². The molecule has 0 spiro atoms. The number of amidine groups is 1. The van der Waals surface area contributed by atoms with Gasteiger partial charge in [-0.15, -0.1) is 0 Å². The third kappa shape index (κ3) is 4.65. The highest BCUT2D eigenvalue weighted by Crippen LogP contribution is 2.40. The van der Waals surface area contributed by atoms with Crippen LogP contribution in [-0.4, -0.2) is 95.8 Å². The average Bonchev–Trinajstić information content (AvgIpc) is 3.31. The first-order chi connectivity index (χ1) is 16.5. The maximum atomic E-state index is 12.9. The Bertz CT molecular complexity index is 1040. The van der Waals surface area contributed by atoms with Gasteiger partial charge in [-0.25, -0.2) is 15.0 Å². The summed E-state index contributed by atoms with van der Waals surface area (Å²) in [5.74, 6) is 1.50. The van der Waals surface area contributed by atoms with Crippen molar-refractivity contribution in [2.45, 2.75) is 25.0 Å². The molecule has 0 aromatic carbocycles. The van der Waals surface area contributed by atoms with Gasteiger partial charge in [-0.1, -0.05) is 0 Å². The zero-order valence-corrected chi connectivity index (χ0v) is 19.3. The number of methoxy groups -OCH3 is 1. The number of ether oxygens (including phenoxy) is 2. The zero-order chi connectivity index (χ0) is 24.1. The van der Waals surface area contributed by atoms with Crippen molar-refractivity contribution in [2.24, 2.45) is 9.98 Å². The molecule has 2 atom stereocenters. The van der Waals surface area contributed by atoms with Gasteiger partial charge in [-0.2, -0.15) is 0 Å². The molecular weight excluding hydrogens is 440 g/mol. The molecule has 2 aliphatic heterocycles. The summed E-state index contributed by atoms with van der Waals surface area (Å²) in [7, 11) is 1.61. The molecule has 5 N–H and O–H groups in total. The summed E-state index contributed by atoms with van der Waals surface area (Å²) < 4.78 is 11.9. The number of hydrogen-bond acceptors (Lipinski definition) is 11. The Hall–Kier alpha value is -3.35. The third-order valence-electron chi connectivity index (χ3n) is 5.85. The molecule has 12 heteroatoms. The number of allylic oxidation sites excluding steroid dienone is 2. The maximum absolute atomic E-state index is 12.9. The normalized spacial score (nSPS) is 23.3. The smallest absolute Gasteiger partial charge is 0.261 e. The second-order valence-corrected chi connectivity index (χ2v) is 8.16. The molecule has 0 bridgehead atoms. The summed E-state index contributed by atoms with van der Waals surface area (Å²) in [6.45, 7) is 5.02. The molecule has 4 rings (SSSR count). The van der Waals surface area contributed by atoms with Crippen molar-refractivity contribution in [3.8, 4) is 0 Å². The molecule has 1 amide bonds. The lowest BCUT2D eigenvalue weighted by Gasteiger charge is -2.44. The summed E-state index contributed by atoms with van der Waals surface area (Å²) >= 11 is 0. The van der Waals surface area contributed by atoms with Crippen molar-refractivity contribution in [3.63, 3.8) is 0 Å². The number of nitrogens with two attached hydrogens (primary N) is 1. The standard InChI is InChI=1S/C22H30N8O4/c1-22-15(4-5-16(17(22)33-2)34-11-3-6-24-8-10-31)18-25-7-9-30(18)21(29-22)28-19(32)14-12-26-20(23)27-13-14/h4-5,12-13,17,24,31H,3,6-11H2,1-2H3,(H2,23,26,27)(H,28,29,32). The predicted octanol–water partition coefficient (Wildman–Crippen LogP) is -0.541. The highest BCUT2D eigenvalue weighted by Gasteiger charge is 2.50. The van der Waals surface area contributed by atoms with E-state index in [9.17, 15) is 4.79 Å². The lowest BCUT2D eigenvalue weighted by Crippen LogP contribution is -2.58. The summed E-state index contributed by atoms with van der Waals surface area (Å²) in [4.78, 5) is 32.1. The second kappa shape index (κ2) is 10.3. The van der Waals surface area contributed by atoms with E-state index in [-0.39, 0.29) is 18.1 Å². The number of aromatic nitrogens is 2. The lowest BCUT2D eigenvalue weighted by molar-refractivity contribution is 0.0272. The number of amides is 1. The van der Waals surface area contributed by atoms with Crippen molar-refractivity contribution < 1.29 is 19.4 Å². The van der Waals surface area contributed by atoms with E-state index < -0.39 is 17.6 Å². The number of hydrogen-bond donors (Lipinski definition) is 4. The van der Waals surface area contributed by atoms with Crippen molar-refractivity contribution in [3.05, 3.63) is 41.4 Å². The van der Waals surface area contributed by atoms with Gasteiger partial charge in [0, 0.05) is 38.2 Å².